The number of carbonyl (C=O) groups is 5. The maximum absolute atomic E-state index is 12.9. The predicted molar refractivity (Wildman–Crippen MR) is 141 cm³/mol. The van der Waals surface area contributed by atoms with Crippen LogP contribution in [0.5, 0.6) is 0 Å². The second-order valence-corrected chi connectivity index (χ2v) is 10.1. The normalized spacial score (nSPS) is 17.2. The van der Waals surface area contributed by atoms with E-state index in [2.05, 4.69) is 10.6 Å². The Morgan fingerprint density at radius 2 is 1.50 bits per heavy atom. The van der Waals surface area contributed by atoms with Gasteiger partial charge in [-0.3, -0.25) is 29.4 Å². The highest BCUT2D eigenvalue weighted by Crippen LogP contribution is 2.29. The lowest BCUT2D eigenvalue weighted by atomic mass is 10.0. The SMILES string of the molecule is CC(C)(C)OC(=O)COCCOCCOCCOCCNc1ccc2c(c1)C(=O)N(C1CCC(=O)NC1=O)C2=O. The predicted octanol–water partition coefficient (Wildman–Crippen LogP) is 0.908. The van der Waals surface area contributed by atoms with Gasteiger partial charge in [0.05, 0.1) is 57.4 Å². The number of fused-ring (bicyclic) bond motifs is 1. The lowest BCUT2D eigenvalue weighted by Crippen LogP contribution is -2.54. The summed E-state index contributed by atoms with van der Waals surface area (Å²) in [6.45, 7) is 8.30. The third kappa shape index (κ3) is 9.37. The molecule has 2 aliphatic rings. The first-order valence-corrected chi connectivity index (χ1v) is 13.2. The minimum absolute atomic E-state index is 0.0730. The summed E-state index contributed by atoms with van der Waals surface area (Å²) in [6, 6.07) is 3.82. The van der Waals surface area contributed by atoms with Crippen molar-refractivity contribution in [1.82, 2.24) is 10.2 Å². The summed E-state index contributed by atoms with van der Waals surface area (Å²) in [5.41, 5.74) is 0.542. The van der Waals surface area contributed by atoms with Crippen molar-refractivity contribution in [2.75, 3.05) is 64.7 Å². The molecule has 0 aliphatic carbocycles. The maximum atomic E-state index is 12.9. The number of amides is 4. The van der Waals surface area contributed by atoms with Gasteiger partial charge in [0.25, 0.3) is 11.8 Å². The van der Waals surface area contributed by atoms with E-state index in [1.807, 2.05) is 0 Å². The first-order valence-electron chi connectivity index (χ1n) is 13.2. The zero-order valence-corrected chi connectivity index (χ0v) is 23.1. The molecule has 1 aromatic carbocycles. The number of hydrogen-bond acceptors (Lipinski definition) is 11. The Morgan fingerprint density at radius 3 is 2.12 bits per heavy atom. The molecule has 13 heteroatoms. The monoisotopic (exact) mass is 563 g/mol. The number of carbonyl (C=O) groups excluding carboxylic acids is 5. The number of anilines is 1. The zero-order valence-electron chi connectivity index (χ0n) is 23.1. The Kier molecular flexibility index (Phi) is 11.6. The molecule has 2 N–H and O–H groups in total. The quantitative estimate of drug-likeness (QED) is 0.167. The molecule has 2 aliphatic heterocycles. The molecule has 2 heterocycles. The van der Waals surface area contributed by atoms with E-state index in [0.29, 0.717) is 51.9 Å². The molecule has 40 heavy (non-hydrogen) atoms. The molecule has 0 radical (unpaired) electrons. The first-order chi connectivity index (χ1) is 19.1. The summed E-state index contributed by atoms with van der Waals surface area (Å²) in [5, 5.41) is 5.32. The van der Waals surface area contributed by atoms with Crippen LogP contribution in [0.4, 0.5) is 5.69 Å². The first kappa shape index (κ1) is 31.1. The number of imide groups is 2. The number of nitrogens with zero attached hydrogens (tertiary/aromatic N) is 1. The van der Waals surface area contributed by atoms with Crippen molar-refractivity contribution >= 4 is 35.3 Å². The summed E-state index contributed by atoms with van der Waals surface area (Å²) in [5.74, 6) is -2.56. The highest BCUT2D eigenvalue weighted by atomic mass is 16.6. The average Bonchev–Trinajstić information content (AvgIpc) is 3.12. The zero-order chi connectivity index (χ0) is 29.1. The van der Waals surface area contributed by atoms with Gasteiger partial charge in [-0.15, -0.1) is 0 Å². The Balaban J connectivity index is 1.22. The highest BCUT2D eigenvalue weighted by molar-refractivity contribution is 6.23. The van der Waals surface area contributed by atoms with Crippen LogP contribution in [-0.4, -0.2) is 106 Å². The van der Waals surface area contributed by atoms with Gasteiger partial charge in [-0.05, 0) is 45.4 Å². The van der Waals surface area contributed by atoms with Crippen molar-refractivity contribution in [3.05, 3.63) is 29.3 Å². The van der Waals surface area contributed by atoms with Crippen LogP contribution < -0.4 is 10.6 Å². The van der Waals surface area contributed by atoms with E-state index in [9.17, 15) is 24.0 Å². The summed E-state index contributed by atoms with van der Waals surface area (Å²) < 4.78 is 26.7. The van der Waals surface area contributed by atoms with Crippen molar-refractivity contribution < 1.29 is 47.7 Å². The minimum Gasteiger partial charge on any atom is -0.458 e. The molecule has 1 unspecified atom stereocenters. The molecule has 1 fully saturated rings. The van der Waals surface area contributed by atoms with Gasteiger partial charge in [-0.1, -0.05) is 0 Å². The average molecular weight is 564 g/mol. The van der Waals surface area contributed by atoms with Crippen LogP contribution >= 0.6 is 0 Å². The number of nitrogens with one attached hydrogen (secondary N) is 2. The van der Waals surface area contributed by atoms with Gasteiger partial charge in [0.1, 0.15) is 18.2 Å². The molecular formula is C27H37N3O10. The van der Waals surface area contributed by atoms with Crippen molar-refractivity contribution in [3.8, 4) is 0 Å². The lowest BCUT2D eigenvalue weighted by molar-refractivity contribution is -0.160. The molecule has 1 aromatic rings. The largest absolute Gasteiger partial charge is 0.458 e. The minimum atomic E-state index is -0.992. The molecule has 0 saturated carbocycles. The third-order valence-corrected chi connectivity index (χ3v) is 5.77. The van der Waals surface area contributed by atoms with E-state index in [0.717, 1.165) is 4.90 Å². The van der Waals surface area contributed by atoms with Gasteiger partial charge in [-0.2, -0.15) is 0 Å². The van der Waals surface area contributed by atoms with Crippen LogP contribution in [0.15, 0.2) is 18.2 Å². The molecule has 1 saturated heterocycles. The third-order valence-electron chi connectivity index (χ3n) is 5.77. The van der Waals surface area contributed by atoms with Gasteiger partial charge >= 0.3 is 5.97 Å². The fourth-order valence-electron chi connectivity index (χ4n) is 4.03. The van der Waals surface area contributed by atoms with E-state index in [-0.39, 0.29) is 37.2 Å². The molecular weight excluding hydrogens is 526 g/mol. The number of hydrogen-bond donors (Lipinski definition) is 2. The lowest BCUT2D eigenvalue weighted by Gasteiger charge is -2.27. The second-order valence-electron chi connectivity index (χ2n) is 10.1. The van der Waals surface area contributed by atoms with Gasteiger partial charge in [0.15, 0.2) is 0 Å². The number of piperidine rings is 1. The molecule has 0 bridgehead atoms. The molecule has 1 atom stereocenters. The topological polar surface area (TPSA) is 159 Å². The van der Waals surface area contributed by atoms with E-state index in [1.54, 1.807) is 39.0 Å². The maximum Gasteiger partial charge on any atom is 0.332 e. The van der Waals surface area contributed by atoms with Crippen LogP contribution in [0.25, 0.3) is 0 Å². The van der Waals surface area contributed by atoms with E-state index >= 15 is 0 Å². The molecule has 13 nitrogen and oxygen atoms in total. The van der Waals surface area contributed by atoms with Crippen LogP contribution in [0.3, 0.4) is 0 Å². The Morgan fingerprint density at radius 1 is 0.900 bits per heavy atom. The number of ether oxygens (including phenoxy) is 5. The van der Waals surface area contributed by atoms with E-state index < -0.39 is 41.2 Å². The van der Waals surface area contributed by atoms with Gasteiger partial charge in [-0.25, -0.2) is 4.79 Å². The van der Waals surface area contributed by atoms with Crippen molar-refractivity contribution in [2.24, 2.45) is 0 Å². The fourth-order valence-corrected chi connectivity index (χ4v) is 4.03. The number of esters is 1. The summed E-state index contributed by atoms with van der Waals surface area (Å²) in [7, 11) is 0. The van der Waals surface area contributed by atoms with Crippen LogP contribution in [0.2, 0.25) is 0 Å². The fraction of sp³-hybridized carbons (Fsp3) is 0.593. The highest BCUT2D eigenvalue weighted by Gasteiger charge is 2.44. The van der Waals surface area contributed by atoms with Crippen molar-refractivity contribution in [1.29, 1.82) is 0 Å². The molecule has 220 valence electrons. The second kappa shape index (κ2) is 14.8. The Bertz CT molecular complexity index is 1080. The molecule has 3 rings (SSSR count). The molecule has 0 aromatic heterocycles. The van der Waals surface area contributed by atoms with Gasteiger partial charge < -0.3 is 29.0 Å². The summed E-state index contributed by atoms with van der Waals surface area (Å²) in [6.07, 6.45) is 0.186. The number of benzene rings is 1. The Labute approximate surface area is 232 Å². The van der Waals surface area contributed by atoms with Gasteiger partial charge in [0, 0.05) is 18.7 Å². The number of rotatable bonds is 16. The van der Waals surface area contributed by atoms with Gasteiger partial charge in [0.2, 0.25) is 11.8 Å². The van der Waals surface area contributed by atoms with E-state index in [1.165, 1.54) is 0 Å². The Hall–Kier alpha value is -3.39. The van der Waals surface area contributed by atoms with Crippen LogP contribution in [-0.2, 0) is 38.1 Å². The smallest absolute Gasteiger partial charge is 0.332 e. The van der Waals surface area contributed by atoms with Crippen LogP contribution in [0.1, 0.15) is 54.3 Å². The van der Waals surface area contributed by atoms with Crippen molar-refractivity contribution in [2.45, 2.75) is 45.3 Å². The summed E-state index contributed by atoms with van der Waals surface area (Å²) >= 11 is 0. The van der Waals surface area contributed by atoms with E-state index in [4.69, 9.17) is 23.7 Å². The van der Waals surface area contributed by atoms with Crippen LogP contribution in [0, 0.1) is 0 Å². The standard InChI is InChI=1S/C27H37N3O10/c1-27(2,3)40-23(32)17-39-15-14-38-13-12-37-11-10-36-9-8-28-18-4-5-19-20(16-18)26(35)30(25(19)34)21-6-7-22(31)29-24(21)33/h4-5,16,21,28H,6-15,17H2,1-3H3,(H,29,31,33). The molecule has 0 spiro atoms. The van der Waals surface area contributed by atoms with Crippen molar-refractivity contribution in [3.63, 3.8) is 0 Å². The molecule has 4 amide bonds. The summed E-state index contributed by atoms with van der Waals surface area (Å²) in [4.78, 5) is 61.6.